The zero-order valence-corrected chi connectivity index (χ0v) is 20.0. The van der Waals surface area contributed by atoms with E-state index >= 15 is 0 Å². The number of carbonyl (C=O) groups excluding carboxylic acids is 2. The molecule has 2 unspecified atom stereocenters. The van der Waals surface area contributed by atoms with E-state index in [1.807, 2.05) is 0 Å². The molecule has 4 rings (SSSR count). The molecule has 3 heteroatoms. The zero-order chi connectivity index (χ0) is 21.8. The number of Topliss-reactive ketones (excluding diaryl/α,β-unsaturated/α-hetero) is 2. The fraction of sp³-hybridized carbons (Fsp3) is 0.926. The van der Waals surface area contributed by atoms with Crippen LogP contribution < -0.4 is 0 Å². The maximum absolute atomic E-state index is 12.7. The van der Waals surface area contributed by atoms with Crippen LogP contribution in [0.25, 0.3) is 0 Å². The molecular formula is C27H44O3. The van der Waals surface area contributed by atoms with Crippen LogP contribution in [0.5, 0.6) is 0 Å². The summed E-state index contributed by atoms with van der Waals surface area (Å²) < 4.78 is 0. The molecule has 0 aromatic heterocycles. The highest BCUT2D eigenvalue weighted by atomic mass is 16.3. The van der Waals surface area contributed by atoms with Crippen LogP contribution in [0.4, 0.5) is 0 Å². The molecule has 0 spiro atoms. The molecule has 30 heavy (non-hydrogen) atoms. The standard InChI is InChI=1S/C27H44O3/c1-16(2)7-6-8-17(3)19-11-12-20-18-9-10-22-24(29)25(30)23(28)15-27(22,5)21(18)13-14-26(19,20)4/h16-23,28H,6-15H2,1-5H3/t17-,18+,19-,20+,21+,22?,23?,26-,27-/m1/s1. The molecule has 4 fully saturated rings. The second-order valence-corrected chi connectivity index (χ2v) is 12.5. The van der Waals surface area contributed by atoms with Crippen molar-refractivity contribution in [3.05, 3.63) is 0 Å². The Hall–Kier alpha value is -0.700. The van der Waals surface area contributed by atoms with E-state index in [0.29, 0.717) is 23.7 Å². The third-order valence-electron chi connectivity index (χ3n) is 10.6. The molecule has 0 bridgehead atoms. The monoisotopic (exact) mass is 416 g/mol. The van der Waals surface area contributed by atoms with Crippen molar-refractivity contribution in [2.24, 2.45) is 52.3 Å². The molecule has 0 amide bonds. The average Bonchev–Trinajstić information content (AvgIpc) is 3.03. The molecule has 4 aliphatic rings. The largest absolute Gasteiger partial charge is 0.385 e. The van der Waals surface area contributed by atoms with Crippen LogP contribution >= 0.6 is 0 Å². The van der Waals surface area contributed by atoms with Crippen LogP contribution in [-0.4, -0.2) is 22.8 Å². The number of aliphatic hydroxyl groups excluding tert-OH is 1. The van der Waals surface area contributed by atoms with Gasteiger partial charge in [-0.25, -0.2) is 0 Å². The predicted molar refractivity (Wildman–Crippen MR) is 120 cm³/mol. The summed E-state index contributed by atoms with van der Waals surface area (Å²) in [5, 5.41) is 10.3. The normalized spacial score (nSPS) is 47.0. The molecule has 0 saturated heterocycles. The molecular weight excluding hydrogens is 372 g/mol. The van der Waals surface area contributed by atoms with Crippen molar-refractivity contribution in [1.82, 2.24) is 0 Å². The van der Waals surface area contributed by atoms with Crippen molar-refractivity contribution < 1.29 is 14.7 Å². The number of rotatable bonds is 5. The summed E-state index contributed by atoms with van der Waals surface area (Å²) in [7, 11) is 0. The third-order valence-corrected chi connectivity index (χ3v) is 10.6. The molecule has 3 nitrogen and oxygen atoms in total. The molecule has 0 aromatic carbocycles. The SMILES string of the molecule is CC(C)CCC[C@@H](C)[C@H]1CC[C@H]2[C@@H]3CCC4C(=O)C(=O)C(O)C[C@]4(C)[C@H]3CC[C@]12C. The molecule has 0 heterocycles. The topological polar surface area (TPSA) is 54.4 Å². The number of hydrogen-bond donors (Lipinski definition) is 1. The third kappa shape index (κ3) is 3.42. The highest BCUT2D eigenvalue weighted by molar-refractivity contribution is 6.40. The Morgan fingerprint density at radius 3 is 2.30 bits per heavy atom. The minimum Gasteiger partial charge on any atom is -0.385 e. The van der Waals surface area contributed by atoms with Crippen LogP contribution in [0.1, 0.15) is 98.8 Å². The summed E-state index contributed by atoms with van der Waals surface area (Å²) in [6.45, 7) is 12.0. The first-order valence-corrected chi connectivity index (χ1v) is 12.9. The molecule has 4 saturated carbocycles. The van der Waals surface area contributed by atoms with Gasteiger partial charge >= 0.3 is 0 Å². The number of carbonyl (C=O) groups is 2. The number of ketones is 2. The summed E-state index contributed by atoms with van der Waals surface area (Å²) in [6.07, 6.45) is 10.6. The second kappa shape index (κ2) is 8.01. The van der Waals surface area contributed by atoms with Crippen molar-refractivity contribution in [2.45, 2.75) is 105 Å². The summed E-state index contributed by atoms with van der Waals surface area (Å²) in [5.74, 6) is 3.43. The lowest BCUT2D eigenvalue weighted by Gasteiger charge is -2.60. The predicted octanol–water partition coefficient (Wildman–Crippen LogP) is 5.83. The lowest BCUT2D eigenvalue weighted by atomic mass is 9.44. The number of fused-ring (bicyclic) bond motifs is 5. The van der Waals surface area contributed by atoms with Crippen LogP contribution in [0.2, 0.25) is 0 Å². The Morgan fingerprint density at radius 2 is 1.60 bits per heavy atom. The lowest BCUT2D eigenvalue weighted by Crippen LogP contribution is -2.59. The summed E-state index contributed by atoms with van der Waals surface area (Å²) in [5.41, 5.74) is 0.254. The van der Waals surface area contributed by atoms with E-state index in [-0.39, 0.29) is 17.1 Å². The van der Waals surface area contributed by atoms with Gasteiger partial charge in [-0.2, -0.15) is 0 Å². The van der Waals surface area contributed by atoms with Gasteiger partial charge in [-0.05, 0) is 91.3 Å². The van der Waals surface area contributed by atoms with Gasteiger partial charge in [0.05, 0.1) is 0 Å². The van der Waals surface area contributed by atoms with Crippen molar-refractivity contribution >= 4 is 11.6 Å². The van der Waals surface area contributed by atoms with E-state index < -0.39 is 11.9 Å². The van der Waals surface area contributed by atoms with Crippen LogP contribution in [0.3, 0.4) is 0 Å². The minimum absolute atomic E-state index is 0.147. The van der Waals surface area contributed by atoms with E-state index in [0.717, 1.165) is 36.5 Å². The van der Waals surface area contributed by atoms with Crippen molar-refractivity contribution in [2.75, 3.05) is 0 Å². The summed E-state index contributed by atoms with van der Waals surface area (Å²) >= 11 is 0. The molecule has 9 atom stereocenters. The van der Waals surface area contributed by atoms with E-state index in [1.165, 1.54) is 44.9 Å². The fourth-order valence-electron chi connectivity index (χ4n) is 9.05. The van der Waals surface area contributed by atoms with Crippen LogP contribution in [0.15, 0.2) is 0 Å². The van der Waals surface area contributed by atoms with Crippen LogP contribution in [-0.2, 0) is 9.59 Å². The zero-order valence-electron chi connectivity index (χ0n) is 20.0. The first-order chi connectivity index (χ1) is 14.1. The Kier molecular flexibility index (Phi) is 6.01. The molecule has 0 aromatic rings. The molecule has 170 valence electrons. The van der Waals surface area contributed by atoms with Gasteiger partial charge < -0.3 is 5.11 Å². The molecule has 0 aliphatic heterocycles. The quantitative estimate of drug-likeness (QED) is 0.574. The lowest BCUT2D eigenvalue weighted by molar-refractivity contribution is -0.168. The highest BCUT2D eigenvalue weighted by Crippen LogP contribution is 2.67. The fourth-order valence-corrected chi connectivity index (χ4v) is 9.05. The van der Waals surface area contributed by atoms with Gasteiger partial charge in [0, 0.05) is 5.92 Å². The van der Waals surface area contributed by atoms with E-state index in [1.54, 1.807) is 0 Å². The first-order valence-electron chi connectivity index (χ1n) is 12.9. The Morgan fingerprint density at radius 1 is 0.900 bits per heavy atom. The Labute approximate surface area is 183 Å². The van der Waals surface area contributed by atoms with E-state index in [4.69, 9.17) is 0 Å². The summed E-state index contributed by atoms with van der Waals surface area (Å²) in [6, 6.07) is 0. The van der Waals surface area contributed by atoms with Crippen molar-refractivity contribution in [3.8, 4) is 0 Å². The van der Waals surface area contributed by atoms with E-state index in [9.17, 15) is 14.7 Å². The maximum atomic E-state index is 12.7. The van der Waals surface area contributed by atoms with Gasteiger partial charge in [0.25, 0.3) is 0 Å². The molecule has 4 aliphatic carbocycles. The maximum Gasteiger partial charge on any atom is 0.227 e. The van der Waals surface area contributed by atoms with E-state index in [2.05, 4.69) is 34.6 Å². The Balaban J connectivity index is 1.51. The summed E-state index contributed by atoms with van der Waals surface area (Å²) in [4.78, 5) is 24.9. The van der Waals surface area contributed by atoms with Gasteiger partial charge in [0.2, 0.25) is 11.6 Å². The average molecular weight is 417 g/mol. The second-order valence-electron chi connectivity index (χ2n) is 12.5. The molecule has 0 radical (unpaired) electrons. The minimum atomic E-state index is -1.07. The van der Waals surface area contributed by atoms with Gasteiger partial charge in [0.15, 0.2) is 0 Å². The highest BCUT2D eigenvalue weighted by Gasteiger charge is 2.63. The first kappa shape index (κ1) is 22.5. The Bertz CT molecular complexity index is 684. The number of hydrogen-bond acceptors (Lipinski definition) is 3. The van der Waals surface area contributed by atoms with Crippen molar-refractivity contribution in [3.63, 3.8) is 0 Å². The van der Waals surface area contributed by atoms with Crippen molar-refractivity contribution in [1.29, 1.82) is 0 Å². The van der Waals surface area contributed by atoms with Crippen LogP contribution in [0, 0.1) is 52.3 Å². The van der Waals surface area contributed by atoms with Gasteiger partial charge in [-0.1, -0.05) is 53.9 Å². The van der Waals surface area contributed by atoms with Gasteiger partial charge in [0.1, 0.15) is 6.10 Å². The van der Waals surface area contributed by atoms with Gasteiger partial charge in [-0.15, -0.1) is 0 Å². The number of aliphatic hydroxyl groups is 1. The smallest absolute Gasteiger partial charge is 0.227 e. The van der Waals surface area contributed by atoms with Gasteiger partial charge in [-0.3, -0.25) is 9.59 Å². The molecule has 1 N–H and O–H groups in total.